The lowest BCUT2D eigenvalue weighted by molar-refractivity contribution is 0.415. The first-order valence-corrected chi connectivity index (χ1v) is 6.28. The second kappa shape index (κ2) is 5.83. The van der Waals surface area contributed by atoms with Crippen LogP contribution in [0.2, 0.25) is 5.15 Å². The summed E-state index contributed by atoms with van der Waals surface area (Å²) in [5.41, 5.74) is 1.81. The molecule has 0 saturated carbocycles. The quantitative estimate of drug-likeness (QED) is 0.787. The van der Waals surface area contributed by atoms with E-state index in [2.05, 4.69) is 16.9 Å². The topological polar surface area (TPSA) is 35.0 Å². The third-order valence-corrected chi connectivity index (χ3v) is 2.77. The molecule has 0 N–H and O–H groups in total. The van der Waals surface area contributed by atoms with Gasteiger partial charge < -0.3 is 4.74 Å². The fourth-order valence-electron chi connectivity index (χ4n) is 1.73. The van der Waals surface area contributed by atoms with Gasteiger partial charge in [0.2, 0.25) is 0 Å². The third kappa shape index (κ3) is 2.99. The molecule has 0 saturated heterocycles. The summed E-state index contributed by atoms with van der Waals surface area (Å²) in [6.07, 6.45) is 1.83. The Balaban J connectivity index is 2.42. The predicted molar refractivity (Wildman–Crippen MR) is 73.0 cm³/mol. The van der Waals surface area contributed by atoms with E-state index in [-0.39, 0.29) is 0 Å². The van der Waals surface area contributed by atoms with E-state index in [0.29, 0.717) is 5.15 Å². The van der Waals surface area contributed by atoms with Crippen LogP contribution in [0.25, 0.3) is 11.3 Å². The van der Waals surface area contributed by atoms with Crippen molar-refractivity contribution in [2.75, 3.05) is 7.11 Å². The summed E-state index contributed by atoms with van der Waals surface area (Å²) >= 11 is 6.03. The molecule has 18 heavy (non-hydrogen) atoms. The zero-order valence-corrected chi connectivity index (χ0v) is 11.2. The average molecular weight is 263 g/mol. The number of aryl methyl sites for hydroxylation is 1. The Bertz CT molecular complexity index is 543. The first kappa shape index (κ1) is 12.8. The van der Waals surface area contributed by atoms with E-state index in [1.165, 1.54) is 0 Å². The fourth-order valence-corrected chi connectivity index (χ4v) is 1.93. The van der Waals surface area contributed by atoms with Gasteiger partial charge >= 0.3 is 0 Å². The molecule has 0 bridgehead atoms. The normalized spacial score (nSPS) is 10.4. The lowest BCUT2D eigenvalue weighted by Gasteiger charge is -2.06. The molecule has 1 heterocycles. The predicted octanol–water partition coefficient (Wildman–Crippen LogP) is 3.76. The molecule has 2 rings (SSSR count). The third-order valence-electron chi connectivity index (χ3n) is 2.58. The Morgan fingerprint density at radius 1 is 1.22 bits per heavy atom. The Labute approximate surface area is 112 Å². The van der Waals surface area contributed by atoms with Crippen LogP contribution in [0.5, 0.6) is 5.75 Å². The van der Waals surface area contributed by atoms with E-state index >= 15 is 0 Å². The van der Waals surface area contributed by atoms with Crippen molar-refractivity contribution < 1.29 is 4.74 Å². The highest BCUT2D eigenvalue weighted by Gasteiger charge is 2.06. The maximum absolute atomic E-state index is 6.03. The maximum Gasteiger partial charge on any atom is 0.133 e. The van der Waals surface area contributed by atoms with Gasteiger partial charge in [0.05, 0.1) is 12.8 Å². The van der Waals surface area contributed by atoms with Crippen molar-refractivity contribution in [2.45, 2.75) is 19.8 Å². The second-order valence-electron chi connectivity index (χ2n) is 3.97. The highest BCUT2D eigenvalue weighted by molar-refractivity contribution is 6.29. The van der Waals surface area contributed by atoms with Gasteiger partial charge in [-0.15, -0.1) is 0 Å². The van der Waals surface area contributed by atoms with Crippen molar-refractivity contribution in [1.82, 2.24) is 9.97 Å². The summed E-state index contributed by atoms with van der Waals surface area (Å²) in [7, 11) is 1.65. The first-order valence-electron chi connectivity index (χ1n) is 5.91. The summed E-state index contributed by atoms with van der Waals surface area (Å²) in [6.45, 7) is 2.09. The van der Waals surface area contributed by atoms with Crippen LogP contribution >= 0.6 is 11.6 Å². The molecule has 0 spiro atoms. The molecular weight excluding hydrogens is 248 g/mol. The van der Waals surface area contributed by atoms with Gasteiger partial charge in [0.1, 0.15) is 16.7 Å². The highest BCUT2D eigenvalue weighted by atomic mass is 35.5. The minimum atomic E-state index is 0.478. The van der Waals surface area contributed by atoms with Crippen LogP contribution in [0.1, 0.15) is 19.2 Å². The lowest BCUT2D eigenvalue weighted by atomic mass is 10.1. The van der Waals surface area contributed by atoms with Crippen LogP contribution in [0.4, 0.5) is 0 Å². The van der Waals surface area contributed by atoms with Crippen LogP contribution in [-0.2, 0) is 6.42 Å². The second-order valence-corrected chi connectivity index (χ2v) is 4.36. The molecule has 1 aromatic carbocycles. The fraction of sp³-hybridized carbons (Fsp3) is 0.286. The number of methoxy groups -OCH3 is 1. The Morgan fingerprint density at radius 2 is 2.06 bits per heavy atom. The highest BCUT2D eigenvalue weighted by Crippen LogP contribution is 2.24. The van der Waals surface area contributed by atoms with Gasteiger partial charge in [0.15, 0.2) is 0 Å². The van der Waals surface area contributed by atoms with E-state index in [1.807, 2.05) is 24.3 Å². The molecule has 4 heteroatoms. The molecule has 3 nitrogen and oxygen atoms in total. The zero-order chi connectivity index (χ0) is 13.0. The Kier molecular flexibility index (Phi) is 4.15. The number of halogens is 1. The Morgan fingerprint density at radius 3 is 2.78 bits per heavy atom. The van der Waals surface area contributed by atoms with Gasteiger partial charge in [0.25, 0.3) is 0 Å². The molecule has 2 aromatic rings. The van der Waals surface area contributed by atoms with Gasteiger partial charge in [-0.05, 0) is 18.6 Å². The van der Waals surface area contributed by atoms with Gasteiger partial charge in [-0.25, -0.2) is 9.97 Å². The zero-order valence-electron chi connectivity index (χ0n) is 10.5. The van der Waals surface area contributed by atoms with Gasteiger partial charge in [-0.1, -0.05) is 30.7 Å². The number of hydrogen-bond donors (Lipinski definition) is 0. The van der Waals surface area contributed by atoms with Crippen molar-refractivity contribution in [3.05, 3.63) is 41.3 Å². The maximum atomic E-state index is 6.03. The molecule has 0 fully saturated rings. The van der Waals surface area contributed by atoms with Crippen molar-refractivity contribution in [2.24, 2.45) is 0 Å². The van der Waals surface area contributed by atoms with Gasteiger partial charge in [-0.2, -0.15) is 0 Å². The van der Waals surface area contributed by atoms with E-state index in [0.717, 1.165) is 35.7 Å². The van der Waals surface area contributed by atoms with Crippen molar-refractivity contribution in [3.8, 4) is 17.0 Å². The van der Waals surface area contributed by atoms with Gasteiger partial charge in [-0.3, -0.25) is 0 Å². The molecule has 0 unspecified atom stereocenters. The summed E-state index contributed by atoms with van der Waals surface area (Å²) in [5, 5.41) is 0.478. The standard InChI is InChI=1S/C14H15ClN2O/c1-3-5-14-16-12(9-13(15)17-14)10-6-4-7-11(8-10)18-2/h4,6-9H,3,5H2,1-2H3. The monoisotopic (exact) mass is 262 g/mol. The summed E-state index contributed by atoms with van der Waals surface area (Å²) < 4.78 is 5.21. The SMILES string of the molecule is CCCc1nc(Cl)cc(-c2cccc(OC)c2)n1. The van der Waals surface area contributed by atoms with E-state index in [9.17, 15) is 0 Å². The minimum Gasteiger partial charge on any atom is -0.497 e. The molecule has 0 aliphatic heterocycles. The number of benzene rings is 1. The van der Waals surface area contributed by atoms with Crippen LogP contribution in [0.15, 0.2) is 30.3 Å². The summed E-state index contributed by atoms with van der Waals surface area (Å²) in [5.74, 6) is 1.59. The molecule has 0 aliphatic rings. The number of ether oxygens (including phenoxy) is 1. The molecular formula is C14H15ClN2O. The molecule has 94 valence electrons. The number of nitrogens with zero attached hydrogens (tertiary/aromatic N) is 2. The van der Waals surface area contributed by atoms with Crippen LogP contribution in [-0.4, -0.2) is 17.1 Å². The smallest absolute Gasteiger partial charge is 0.133 e. The molecule has 0 aliphatic carbocycles. The van der Waals surface area contributed by atoms with E-state index < -0.39 is 0 Å². The molecule has 1 aromatic heterocycles. The van der Waals surface area contributed by atoms with E-state index in [1.54, 1.807) is 13.2 Å². The van der Waals surface area contributed by atoms with Crippen molar-refractivity contribution in [3.63, 3.8) is 0 Å². The average Bonchev–Trinajstić information content (AvgIpc) is 2.38. The van der Waals surface area contributed by atoms with Crippen LogP contribution < -0.4 is 4.74 Å². The number of hydrogen-bond acceptors (Lipinski definition) is 3. The molecule has 0 amide bonds. The van der Waals surface area contributed by atoms with Crippen molar-refractivity contribution in [1.29, 1.82) is 0 Å². The Hall–Kier alpha value is -1.61. The summed E-state index contributed by atoms with van der Waals surface area (Å²) in [6, 6.07) is 9.53. The summed E-state index contributed by atoms with van der Waals surface area (Å²) in [4.78, 5) is 8.73. The van der Waals surface area contributed by atoms with Gasteiger partial charge in [0, 0.05) is 18.1 Å². The van der Waals surface area contributed by atoms with Crippen molar-refractivity contribution >= 4 is 11.6 Å². The van der Waals surface area contributed by atoms with E-state index in [4.69, 9.17) is 16.3 Å². The number of aromatic nitrogens is 2. The lowest BCUT2D eigenvalue weighted by Crippen LogP contribution is -1.97. The largest absolute Gasteiger partial charge is 0.497 e. The van der Waals surface area contributed by atoms with Crippen LogP contribution in [0.3, 0.4) is 0 Å². The minimum absolute atomic E-state index is 0.478. The molecule has 0 radical (unpaired) electrons. The first-order chi connectivity index (χ1) is 8.72. The molecule has 0 atom stereocenters. The number of rotatable bonds is 4. The van der Waals surface area contributed by atoms with Crippen LogP contribution in [0, 0.1) is 0 Å².